The van der Waals surface area contributed by atoms with Crippen molar-refractivity contribution >= 4 is 23.2 Å². The van der Waals surface area contributed by atoms with Crippen molar-refractivity contribution in [2.45, 2.75) is 12.5 Å². The molecule has 6 nitrogen and oxygen atoms in total. The number of nitrogens with zero attached hydrogens (tertiary/aromatic N) is 1. The Kier molecular flexibility index (Phi) is 6.07. The average Bonchev–Trinajstić information content (AvgIpc) is 3.17. The van der Waals surface area contributed by atoms with Gasteiger partial charge in [0.15, 0.2) is 0 Å². The summed E-state index contributed by atoms with van der Waals surface area (Å²) in [5.74, 6) is -0.130. The molecule has 2 atom stereocenters. The normalized spacial score (nSPS) is 17.8. The molecule has 4 rings (SSSR count). The molecule has 2 amide bonds. The summed E-state index contributed by atoms with van der Waals surface area (Å²) in [7, 11) is 3.16. The number of halogens is 1. The minimum absolute atomic E-state index is 0.0513. The Labute approximate surface area is 185 Å². The molecule has 0 bridgehead atoms. The van der Waals surface area contributed by atoms with Gasteiger partial charge in [0.2, 0.25) is 11.8 Å². The predicted molar refractivity (Wildman–Crippen MR) is 119 cm³/mol. The Morgan fingerprint density at radius 3 is 2.03 bits per heavy atom. The molecule has 0 aromatic heterocycles. The SMILES string of the molecule is COc1ccc([C@@H]2[C@H](C(=O)Nc3ccc(F)cc3)CC(=O)N2c2ccc(OC)cc2)cc1. The lowest BCUT2D eigenvalue weighted by Gasteiger charge is -2.28. The van der Waals surface area contributed by atoms with Gasteiger partial charge in [0.25, 0.3) is 0 Å². The highest BCUT2D eigenvalue weighted by atomic mass is 19.1. The van der Waals surface area contributed by atoms with E-state index in [1.54, 1.807) is 55.5 Å². The zero-order valence-electron chi connectivity index (χ0n) is 17.7. The fourth-order valence-electron chi connectivity index (χ4n) is 3.97. The molecule has 32 heavy (non-hydrogen) atoms. The number of nitrogens with one attached hydrogen (secondary N) is 1. The van der Waals surface area contributed by atoms with Crippen LogP contribution < -0.4 is 19.7 Å². The molecular weight excluding hydrogens is 411 g/mol. The van der Waals surface area contributed by atoms with Gasteiger partial charge in [-0.3, -0.25) is 9.59 Å². The molecule has 1 fully saturated rings. The van der Waals surface area contributed by atoms with Crippen LogP contribution in [0.2, 0.25) is 0 Å². The largest absolute Gasteiger partial charge is 0.497 e. The molecule has 1 aliphatic heterocycles. The molecule has 164 valence electrons. The number of hydrogen-bond donors (Lipinski definition) is 1. The monoisotopic (exact) mass is 434 g/mol. The first-order valence-electron chi connectivity index (χ1n) is 10.2. The summed E-state index contributed by atoms with van der Waals surface area (Å²) in [5.41, 5.74) is 1.96. The Balaban J connectivity index is 1.69. The lowest BCUT2D eigenvalue weighted by Crippen LogP contribution is -2.32. The maximum Gasteiger partial charge on any atom is 0.230 e. The van der Waals surface area contributed by atoms with Crippen molar-refractivity contribution in [3.8, 4) is 11.5 Å². The van der Waals surface area contributed by atoms with Crippen LogP contribution >= 0.6 is 0 Å². The van der Waals surface area contributed by atoms with Crippen LogP contribution in [-0.4, -0.2) is 26.0 Å². The second kappa shape index (κ2) is 9.09. The lowest BCUT2D eigenvalue weighted by atomic mass is 9.92. The lowest BCUT2D eigenvalue weighted by molar-refractivity contribution is -0.122. The summed E-state index contributed by atoms with van der Waals surface area (Å²) >= 11 is 0. The molecule has 3 aromatic rings. The third-order valence-electron chi connectivity index (χ3n) is 5.58. The molecule has 3 aromatic carbocycles. The van der Waals surface area contributed by atoms with Crippen molar-refractivity contribution in [1.82, 2.24) is 0 Å². The smallest absolute Gasteiger partial charge is 0.230 e. The van der Waals surface area contributed by atoms with Crippen molar-refractivity contribution < 1.29 is 23.5 Å². The molecule has 0 saturated carbocycles. The van der Waals surface area contributed by atoms with Gasteiger partial charge in [0, 0.05) is 17.8 Å². The van der Waals surface area contributed by atoms with E-state index in [1.807, 2.05) is 12.1 Å². The van der Waals surface area contributed by atoms with Crippen LogP contribution in [0.1, 0.15) is 18.0 Å². The fraction of sp³-hybridized carbons (Fsp3) is 0.200. The second-order valence-electron chi connectivity index (χ2n) is 7.49. The molecular formula is C25H23FN2O4. The van der Waals surface area contributed by atoms with E-state index in [9.17, 15) is 14.0 Å². The highest BCUT2D eigenvalue weighted by molar-refractivity contribution is 6.04. The van der Waals surface area contributed by atoms with Gasteiger partial charge in [-0.1, -0.05) is 12.1 Å². The maximum absolute atomic E-state index is 13.2. The minimum Gasteiger partial charge on any atom is -0.497 e. The third-order valence-corrected chi connectivity index (χ3v) is 5.58. The quantitative estimate of drug-likeness (QED) is 0.617. The Morgan fingerprint density at radius 1 is 0.906 bits per heavy atom. The van der Waals surface area contributed by atoms with Gasteiger partial charge in [-0.2, -0.15) is 0 Å². The van der Waals surface area contributed by atoms with Crippen LogP contribution in [0.5, 0.6) is 11.5 Å². The van der Waals surface area contributed by atoms with E-state index in [-0.39, 0.29) is 24.1 Å². The molecule has 0 aliphatic carbocycles. The zero-order valence-corrected chi connectivity index (χ0v) is 17.7. The first-order valence-corrected chi connectivity index (χ1v) is 10.2. The summed E-state index contributed by atoms with van der Waals surface area (Å²) in [6.45, 7) is 0. The van der Waals surface area contributed by atoms with Gasteiger partial charge >= 0.3 is 0 Å². The Hall–Kier alpha value is -3.87. The molecule has 1 aliphatic rings. The summed E-state index contributed by atoms with van der Waals surface area (Å²) in [6, 6.07) is 19.5. The number of rotatable bonds is 6. The second-order valence-corrected chi connectivity index (χ2v) is 7.49. The number of ether oxygens (including phenoxy) is 2. The first-order chi connectivity index (χ1) is 15.5. The number of hydrogen-bond acceptors (Lipinski definition) is 4. The van der Waals surface area contributed by atoms with Crippen LogP contribution in [0.25, 0.3) is 0 Å². The van der Waals surface area contributed by atoms with E-state index in [4.69, 9.17) is 9.47 Å². The van der Waals surface area contributed by atoms with Crippen LogP contribution in [0.4, 0.5) is 15.8 Å². The highest BCUT2D eigenvalue weighted by Crippen LogP contribution is 2.42. The molecule has 1 saturated heterocycles. The standard InChI is InChI=1S/C25H23FN2O4/c1-31-20-11-3-16(4-12-20)24-22(25(30)27-18-7-5-17(26)6-8-18)15-23(29)28(24)19-9-13-21(32-2)14-10-19/h3-14,22,24H,15H2,1-2H3,(H,27,30)/t22-,24-/m1/s1. The average molecular weight is 434 g/mol. The number of carbonyl (C=O) groups is 2. The molecule has 0 radical (unpaired) electrons. The summed E-state index contributed by atoms with van der Waals surface area (Å²) in [4.78, 5) is 27.9. The van der Waals surface area contributed by atoms with Crippen molar-refractivity contribution in [1.29, 1.82) is 0 Å². The van der Waals surface area contributed by atoms with Gasteiger partial charge in [-0.15, -0.1) is 0 Å². The summed E-state index contributed by atoms with van der Waals surface area (Å²) in [5, 5.41) is 2.82. The number of methoxy groups -OCH3 is 2. The van der Waals surface area contributed by atoms with Gasteiger partial charge in [-0.05, 0) is 66.2 Å². The van der Waals surface area contributed by atoms with Crippen LogP contribution in [0.3, 0.4) is 0 Å². The fourth-order valence-corrected chi connectivity index (χ4v) is 3.97. The summed E-state index contributed by atoms with van der Waals surface area (Å²) < 4.78 is 23.7. The van der Waals surface area contributed by atoms with E-state index in [0.29, 0.717) is 22.9 Å². The topological polar surface area (TPSA) is 67.9 Å². The molecule has 7 heteroatoms. The van der Waals surface area contributed by atoms with Gasteiger partial charge in [0.1, 0.15) is 17.3 Å². The zero-order chi connectivity index (χ0) is 22.7. The van der Waals surface area contributed by atoms with Crippen molar-refractivity contribution in [2.75, 3.05) is 24.4 Å². The predicted octanol–water partition coefficient (Wildman–Crippen LogP) is 4.58. The number of benzene rings is 3. The van der Waals surface area contributed by atoms with Crippen molar-refractivity contribution in [3.05, 3.63) is 84.2 Å². The molecule has 1 heterocycles. The van der Waals surface area contributed by atoms with Crippen molar-refractivity contribution in [3.63, 3.8) is 0 Å². The number of carbonyl (C=O) groups excluding carboxylic acids is 2. The minimum atomic E-state index is -0.636. The first kappa shape index (κ1) is 21.4. The van der Waals surface area contributed by atoms with Gasteiger partial charge < -0.3 is 19.7 Å². The molecule has 0 unspecified atom stereocenters. The van der Waals surface area contributed by atoms with Crippen LogP contribution in [0.15, 0.2) is 72.8 Å². The molecule has 1 N–H and O–H groups in total. The van der Waals surface area contributed by atoms with E-state index in [2.05, 4.69) is 5.32 Å². The molecule has 0 spiro atoms. The summed E-state index contributed by atoms with van der Waals surface area (Å²) in [6.07, 6.45) is 0.0513. The van der Waals surface area contributed by atoms with Crippen molar-refractivity contribution in [2.24, 2.45) is 5.92 Å². The van der Waals surface area contributed by atoms with Gasteiger partial charge in [-0.25, -0.2) is 4.39 Å². The Morgan fingerprint density at radius 2 is 1.47 bits per heavy atom. The third kappa shape index (κ3) is 4.27. The van der Waals surface area contributed by atoms with E-state index in [0.717, 1.165) is 5.56 Å². The number of anilines is 2. The number of amides is 2. The van der Waals surface area contributed by atoms with E-state index >= 15 is 0 Å². The van der Waals surface area contributed by atoms with Gasteiger partial charge in [0.05, 0.1) is 26.2 Å². The van der Waals surface area contributed by atoms with Crippen LogP contribution in [-0.2, 0) is 9.59 Å². The van der Waals surface area contributed by atoms with E-state index < -0.39 is 12.0 Å². The van der Waals surface area contributed by atoms with E-state index in [1.165, 1.54) is 24.3 Å². The van der Waals surface area contributed by atoms with Crippen LogP contribution in [0, 0.1) is 11.7 Å². The highest BCUT2D eigenvalue weighted by Gasteiger charge is 2.45. The Bertz CT molecular complexity index is 1100. The maximum atomic E-state index is 13.2.